The second-order valence-corrected chi connectivity index (χ2v) is 5.11. The molecule has 0 aromatic carbocycles. The maximum Gasteiger partial charge on any atom is 0.0385 e. The van der Waals surface area contributed by atoms with Crippen molar-refractivity contribution in [1.29, 1.82) is 0 Å². The Morgan fingerprint density at radius 2 is 2.22 bits per heavy atom. The lowest BCUT2D eigenvalue weighted by Crippen LogP contribution is -2.34. The molecule has 3 nitrogen and oxygen atoms in total. The van der Waals surface area contributed by atoms with Gasteiger partial charge in [0, 0.05) is 24.3 Å². The first kappa shape index (κ1) is 12.9. The van der Waals surface area contributed by atoms with E-state index in [9.17, 15) is 0 Å². The Kier molecular flexibility index (Phi) is 3.84. The number of nitrogens with two attached hydrogens (primary N) is 2. The molecule has 3 heteroatoms. The maximum absolute atomic E-state index is 6.10. The molecule has 0 saturated carbocycles. The Labute approximate surface area is 109 Å². The van der Waals surface area contributed by atoms with E-state index in [0.29, 0.717) is 0 Å². The van der Waals surface area contributed by atoms with Gasteiger partial charge in [-0.2, -0.15) is 0 Å². The Morgan fingerprint density at radius 1 is 1.39 bits per heavy atom. The lowest BCUT2D eigenvalue weighted by atomic mass is 9.90. The smallest absolute Gasteiger partial charge is 0.0385 e. The van der Waals surface area contributed by atoms with Crippen LogP contribution in [0.1, 0.15) is 13.3 Å². The van der Waals surface area contributed by atoms with Gasteiger partial charge in [0.2, 0.25) is 0 Å². The summed E-state index contributed by atoms with van der Waals surface area (Å²) in [5.74, 6) is 0. The molecule has 2 aliphatic rings. The van der Waals surface area contributed by atoms with E-state index in [4.69, 9.17) is 11.5 Å². The van der Waals surface area contributed by atoms with Crippen LogP contribution in [0.4, 0.5) is 0 Å². The molecule has 1 aliphatic heterocycles. The van der Waals surface area contributed by atoms with Crippen molar-refractivity contribution in [3.63, 3.8) is 0 Å². The molecule has 0 spiro atoms. The van der Waals surface area contributed by atoms with E-state index in [1.807, 2.05) is 25.2 Å². The summed E-state index contributed by atoms with van der Waals surface area (Å²) >= 11 is 0. The fraction of sp³-hybridized carbons (Fsp3) is 0.333. The van der Waals surface area contributed by atoms with E-state index in [1.165, 1.54) is 5.57 Å². The van der Waals surface area contributed by atoms with Gasteiger partial charge in [0.1, 0.15) is 0 Å². The van der Waals surface area contributed by atoms with Crippen molar-refractivity contribution in [2.24, 2.45) is 11.5 Å². The second-order valence-electron chi connectivity index (χ2n) is 5.11. The summed E-state index contributed by atoms with van der Waals surface area (Å²) in [6, 6.07) is 0. The highest BCUT2D eigenvalue weighted by Crippen LogP contribution is 2.21. The molecule has 0 saturated heterocycles. The van der Waals surface area contributed by atoms with Gasteiger partial charge in [-0.1, -0.05) is 36.5 Å². The highest BCUT2D eigenvalue weighted by molar-refractivity contribution is 5.45. The van der Waals surface area contributed by atoms with Crippen LogP contribution in [0.25, 0.3) is 0 Å². The molecule has 0 fully saturated rings. The molecule has 1 unspecified atom stereocenters. The van der Waals surface area contributed by atoms with Crippen LogP contribution in [-0.4, -0.2) is 18.6 Å². The van der Waals surface area contributed by atoms with Crippen LogP contribution in [0.2, 0.25) is 0 Å². The van der Waals surface area contributed by atoms with Crippen LogP contribution < -0.4 is 16.8 Å². The summed E-state index contributed by atoms with van der Waals surface area (Å²) in [6.45, 7) is 3.84. The monoisotopic (exact) mass is 243 g/mol. The molecule has 1 heterocycles. The van der Waals surface area contributed by atoms with Crippen LogP contribution in [0, 0.1) is 0 Å². The first-order chi connectivity index (χ1) is 8.57. The lowest BCUT2D eigenvalue weighted by molar-refractivity contribution is 0.585. The second kappa shape index (κ2) is 5.38. The first-order valence-electron chi connectivity index (χ1n) is 6.29. The predicted molar refractivity (Wildman–Crippen MR) is 76.8 cm³/mol. The van der Waals surface area contributed by atoms with Gasteiger partial charge in [-0.3, -0.25) is 0 Å². The molecule has 18 heavy (non-hydrogen) atoms. The fourth-order valence-electron chi connectivity index (χ4n) is 2.06. The molecular weight excluding hydrogens is 222 g/mol. The Bertz CT molecular complexity index is 462. The maximum atomic E-state index is 6.10. The zero-order valence-electron chi connectivity index (χ0n) is 10.8. The molecule has 2 rings (SSSR count). The number of hydrogen-bond acceptors (Lipinski definition) is 3. The van der Waals surface area contributed by atoms with E-state index in [1.54, 1.807) is 0 Å². The molecular formula is C15H21N3. The van der Waals surface area contributed by atoms with Gasteiger partial charge in [0.05, 0.1) is 0 Å². The van der Waals surface area contributed by atoms with Crippen molar-refractivity contribution in [2.45, 2.75) is 18.9 Å². The average Bonchev–Trinajstić information content (AvgIpc) is 2.36. The third-order valence-electron chi connectivity index (χ3n) is 3.07. The number of allylic oxidation sites excluding steroid dienone is 3. The zero-order valence-corrected chi connectivity index (χ0v) is 10.8. The van der Waals surface area contributed by atoms with E-state index in [-0.39, 0.29) is 5.54 Å². The van der Waals surface area contributed by atoms with Gasteiger partial charge in [-0.15, -0.1) is 0 Å². The SMILES string of the molecule is CC1(N)C=C(/C(N)=C/C=C2/C=CCNC2)C=CC1. The van der Waals surface area contributed by atoms with E-state index in [0.717, 1.165) is 30.8 Å². The minimum atomic E-state index is -0.290. The molecule has 0 amide bonds. The third kappa shape index (κ3) is 3.45. The van der Waals surface area contributed by atoms with Gasteiger partial charge in [-0.05, 0) is 30.6 Å². The normalized spacial score (nSPS) is 30.7. The summed E-state index contributed by atoms with van der Waals surface area (Å²) in [7, 11) is 0. The first-order valence-corrected chi connectivity index (χ1v) is 6.29. The molecule has 5 N–H and O–H groups in total. The largest absolute Gasteiger partial charge is 0.398 e. The topological polar surface area (TPSA) is 64.1 Å². The summed E-state index contributed by atoms with van der Waals surface area (Å²) < 4.78 is 0. The number of nitrogens with one attached hydrogen (secondary N) is 1. The van der Waals surface area contributed by atoms with Crippen molar-refractivity contribution in [1.82, 2.24) is 5.32 Å². The minimum absolute atomic E-state index is 0.290. The van der Waals surface area contributed by atoms with Crippen LogP contribution in [-0.2, 0) is 0 Å². The summed E-state index contributed by atoms with van der Waals surface area (Å²) in [6.07, 6.45) is 15.2. The third-order valence-corrected chi connectivity index (χ3v) is 3.07. The molecule has 0 aromatic rings. The predicted octanol–water partition coefficient (Wildman–Crippen LogP) is 1.52. The molecule has 0 aromatic heterocycles. The van der Waals surface area contributed by atoms with Crippen LogP contribution in [0.15, 0.2) is 59.4 Å². The Morgan fingerprint density at radius 3 is 2.89 bits per heavy atom. The Balaban J connectivity index is 2.13. The minimum Gasteiger partial charge on any atom is -0.398 e. The fourth-order valence-corrected chi connectivity index (χ4v) is 2.06. The summed E-state index contributed by atoms with van der Waals surface area (Å²) in [5, 5.41) is 3.28. The van der Waals surface area contributed by atoms with E-state index < -0.39 is 0 Å². The van der Waals surface area contributed by atoms with Gasteiger partial charge in [0.15, 0.2) is 0 Å². The zero-order chi connectivity index (χ0) is 13.0. The van der Waals surface area contributed by atoms with Crippen LogP contribution in [0.5, 0.6) is 0 Å². The number of hydrogen-bond donors (Lipinski definition) is 3. The van der Waals surface area contributed by atoms with Gasteiger partial charge < -0.3 is 16.8 Å². The van der Waals surface area contributed by atoms with Crippen molar-refractivity contribution in [3.05, 3.63) is 59.4 Å². The quantitative estimate of drug-likeness (QED) is 0.689. The van der Waals surface area contributed by atoms with E-state index in [2.05, 4.69) is 29.6 Å². The van der Waals surface area contributed by atoms with Gasteiger partial charge in [0.25, 0.3) is 0 Å². The van der Waals surface area contributed by atoms with Crippen molar-refractivity contribution in [2.75, 3.05) is 13.1 Å². The summed E-state index contributed by atoms with van der Waals surface area (Å²) in [4.78, 5) is 0. The molecule has 96 valence electrons. The standard InChI is InChI=1S/C15H21N3/c1-15(17)8-2-5-13(10-15)14(16)7-6-12-4-3-9-18-11-12/h2-7,10,18H,8-9,11,16-17H2,1H3/b12-6-,14-7-. The molecule has 0 radical (unpaired) electrons. The molecule has 1 aliphatic carbocycles. The van der Waals surface area contributed by atoms with Crippen molar-refractivity contribution < 1.29 is 0 Å². The van der Waals surface area contributed by atoms with E-state index >= 15 is 0 Å². The van der Waals surface area contributed by atoms with Gasteiger partial charge in [-0.25, -0.2) is 0 Å². The lowest BCUT2D eigenvalue weighted by Gasteiger charge is -2.23. The molecule has 1 atom stereocenters. The number of rotatable bonds is 2. The Hall–Kier alpha value is -1.58. The van der Waals surface area contributed by atoms with Gasteiger partial charge >= 0.3 is 0 Å². The average molecular weight is 243 g/mol. The highest BCUT2D eigenvalue weighted by Gasteiger charge is 2.17. The van der Waals surface area contributed by atoms with Crippen molar-refractivity contribution >= 4 is 0 Å². The highest BCUT2D eigenvalue weighted by atomic mass is 14.8. The van der Waals surface area contributed by atoms with Crippen LogP contribution in [0.3, 0.4) is 0 Å². The van der Waals surface area contributed by atoms with Crippen LogP contribution >= 0.6 is 0 Å². The van der Waals surface area contributed by atoms with Crippen molar-refractivity contribution in [3.8, 4) is 0 Å². The summed E-state index contributed by atoms with van der Waals surface area (Å²) in [5.41, 5.74) is 14.9. The molecule has 0 bridgehead atoms.